The minimum atomic E-state index is -0.591. The fourth-order valence-corrected chi connectivity index (χ4v) is 5.02. The lowest BCUT2D eigenvalue weighted by Crippen LogP contribution is -2.45. The highest BCUT2D eigenvalue weighted by Crippen LogP contribution is 2.49. The van der Waals surface area contributed by atoms with Gasteiger partial charge in [-0.2, -0.15) is 0 Å². The minimum Gasteiger partial charge on any atom is -0.390 e. The molecule has 0 saturated carbocycles. The zero-order valence-electron chi connectivity index (χ0n) is 16.7. The Morgan fingerprint density at radius 1 is 0.750 bits per heavy atom. The molecule has 146 valence electrons. The van der Waals surface area contributed by atoms with E-state index in [4.69, 9.17) is 0 Å². The largest absolute Gasteiger partial charge is 0.390 e. The van der Waals surface area contributed by atoms with Crippen molar-refractivity contribution in [2.45, 2.75) is 29.6 Å². The number of thioether (sulfide) groups is 1. The molecule has 0 aliphatic rings. The van der Waals surface area contributed by atoms with Crippen molar-refractivity contribution in [3.63, 3.8) is 0 Å². The molecule has 3 heteroatoms. The van der Waals surface area contributed by atoms with E-state index >= 15 is 0 Å². The molecule has 3 rings (SSSR count). The Bertz CT molecular complexity index is 779. The molecule has 0 aromatic heterocycles. The van der Waals surface area contributed by atoms with E-state index in [0.717, 1.165) is 29.1 Å². The summed E-state index contributed by atoms with van der Waals surface area (Å²) >= 11 is 1.74. The quantitative estimate of drug-likeness (QED) is 0.492. The van der Waals surface area contributed by atoms with Crippen molar-refractivity contribution in [3.05, 3.63) is 102 Å². The van der Waals surface area contributed by atoms with Crippen molar-refractivity contribution < 1.29 is 5.11 Å². The van der Waals surface area contributed by atoms with Crippen molar-refractivity contribution in [2.24, 2.45) is 0 Å². The zero-order valence-corrected chi connectivity index (χ0v) is 17.5. The van der Waals surface area contributed by atoms with Crippen LogP contribution in [0, 0.1) is 0 Å². The van der Waals surface area contributed by atoms with Crippen molar-refractivity contribution in [1.29, 1.82) is 0 Å². The molecule has 0 radical (unpaired) electrons. The van der Waals surface area contributed by atoms with Crippen LogP contribution in [0.4, 0.5) is 0 Å². The highest BCUT2D eigenvalue weighted by molar-refractivity contribution is 8.00. The fourth-order valence-electron chi connectivity index (χ4n) is 3.64. The summed E-state index contributed by atoms with van der Waals surface area (Å²) in [6.45, 7) is 6.75. The molecule has 0 spiro atoms. The number of rotatable bonds is 9. The summed E-state index contributed by atoms with van der Waals surface area (Å²) in [6, 6.07) is 31.2. The van der Waals surface area contributed by atoms with Gasteiger partial charge in [0, 0.05) is 11.4 Å². The predicted octanol–water partition coefficient (Wildman–Crippen LogP) is 5.43. The van der Waals surface area contributed by atoms with Crippen LogP contribution in [0.5, 0.6) is 0 Å². The standard InChI is InChI=1S/C25H29NOS/c1-3-26(4-2)20-24(27)25(21-14-8-5-9-15-21,22-16-10-6-11-17-22)28-23-18-12-7-13-19-23/h5-19,24,27H,3-4,20H2,1-2H3. The average molecular weight is 392 g/mol. The summed E-state index contributed by atoms with van der Waals surface area (Å²) < 4.78 is -0.591. The molecular weight excluding hydrogens is 362 g/mol. The number of benzene rings is 3. The molecular formula is C25H29NOS. The van der Waals surface area contributed by atoms with E-state index in [2.05, 4.69) is 91.5 Å². The third-order valence-electron chi connectivity index (χ3n) is 5.22. The number of aliphatic hydroxyl groups excluding tert-OH is 1. The number of aliphatic hydroxyl groups is 1. The number of hydrogen-bond acceptors (Lipinski definition) is 3. The summed E-state index contributed by atoms with van der Waals surface area (Å²) in [6.07, 6.45) is -0.567. The average Bonchev–Trinajstić information content (AvgIpc) is 2.77. The molecule has 1 unspecified atom stereocenters. The summed E-state index contributed by atoms with van der Waals surface area (Å²) in [5.41, 5.74) is 2.24. The van der Waals surface area contributed by atoms with Gasteiger partial charge >= 0.3 is 0 Å². The monoisotopic (exact) mass is 391 g/mol. The Morgan fingerprint density at radius 3 is 1.61 bits per heavy atom. The highest BCUT2D eigenvalue weighted by atomic mass is 32.2. The molecule has 0 saturated heterocycles. The molecule has 0 amide bonds. The summed E-state index contributed by atoms with van der Waals surface area (Å²) in [7, 11) is 0. The van der Waals surface area contributed by atoms with E-state index in [1.54, 1.807) is 11.8 Å². The van der Waals surface area contributed by atoms with Crippen molar-refractivity contribution in [3.8, 4) is 0 Å². The summed E-state index contributed by atoms with van der Waals surface area (Å²) in [4.78, 5) is 3.44. The van der Waals surface area contributed by atoms with Gasteiger partial charge in [0.05, 0.1) is 10.9 Å². The lowest BCUT2D eigenvalue weighted by Gasteiger charge is -2.40. The Balaban J connectivity index is 2.16. The van der Waals surface area contributed by atoms with Crippen LogP contribution in [-0.2, 0) is 4.75 Å². The van der Waals surface area contributed by atoms with Gasteiger partial charge in [0.2, 0.25) is 0 Å². The minimum absolute atomic E-state index is 0.567. The SMILES string of the molecule is CCN(CC)CC(O)C(Sc1ccccc1)(c1ccccc1)c1ccccc1. The molecule has 0 bridgehead atoms. The fraction of sp³-hybridized carbons (Fsp3) is 0.280. The van der Waals surface area contributed by atoms with Gasteiger partial charge < -0.3 is 10.0 Å². The summed E-state index contributed by atoms with van der Waals surface area (Å²) in [5.74, 6) is 0. The van der Waals surface area contributed by atoms with Crippen LogP contribution in [0.2, 0.25) is 0 Å². The third kappa shape index (κ3) is 4.49. The van der Waals surface area contributed by atoms with Gasteiger partial charge in [-0.05, 0) is 36.3 Å². The van der Waals surface area contributed by atoms with E-state index in [9.17, 15) is 5.11 Å². The van der Waals surface area contributed by atoms with Crippen LogP contribution in [-0.4, -0.2) is 35.7 Å². The van der Waals surface area contributed by atoms with Gasteiger partial charge in [0.15, 0.2) is 0 Å². The van der Waals surface area contributed by atoms with Crippen molar-refractivity contribution in [2.75, 3.05) is 19.6 Å². The third-order valence-corrected chi connectivity index (χ3v) is 6.80. The van der Waals surface area contributed by atoms with Gasteiger partial charge in [-0.1, -0.05) is 92.7 Å². The Morgan fingerprint density at radius 2 is 1.18 bits per heavy atom. The first-order chi connectivity index (χ1) is 13.7. The first kappa shape index (κ1) is 20.7. The molecule has 2 nitrogen and oxygen atoms in total. The van der Waals surface area contributed by atoms with E-state index in [0.29, 0.717) is 6.54 Å². The molecule has 1 atom stereocenters. The van der Waals surface area contributed by atoms with E-state index in [1.165, 1.54) is 0 Å². The first-order valence-corrected chi connectivity index (χ1v) is 10.8. The van der Waals surface area contributed by atoms with Crippen LogP contribution in [0.15, 0.2) is 95.9 Å². The lowest BCUT2D eigenvalue weighted by atomic mass is 9.85. The molecule has 3 aromatic carbocycles. The molecule has 0 heterocycles. The molecule has 0 fully saturated rings. The molecule has 1 N–H and O–H groups in total. The van der Waals surface area contributed by atoms with Crippen LogP contribution in [0.1, 0.15) is 25.0 Å². The van der Waals surface area contributed by atoms with E-state index in [1.807, 2.05) is 18.2 Å². The maximum atomic E-state index is 11.7. The maximum absolute atomic E-state index is 11.7. The second-order valence-electron chi connectivity index (χ2n) is 6.88. The Kier molecular flexibility index (Phi) is 7.32. The second kappa shape index (κ2) is 9.92. The topological polar surface area (TPSA) is 23.5 Å². The predicted molar refractivity (Wildman–Crippen MR) is 120 cm³/mol. The van der Waals surface area contributed by atoms with Crippen molar-refractivity contribution in [1.82, 2.24) is 4.90 Å². The molecule has 0 aliphatic carbocycles. The smallest absolute Gasteiger partial charge is 0.0975 e. The molecule has 0 aliphatic heterocycles. The van der Waals surface area contributed by atoms with Crippen LogP contribution < -0.4 is 0 Å². The maximum Gasteiger partial charge on any atom is 0.0975 e. The normalized spacial score (nSPS) is 12.9. The lowest BCUT2D eigenvalue weighted by molar-refractivity contribution is 0.0939. The van der Waals surface area contributed by atoms with Crippen molar-refractivity contribution >= 4 is 11.8 Å². The number of likely N-dealkylation sites (N-methyl/N-ethyl adjacent to an activating group) is 1. The van der Waals surface area contributed by atoms with Crippen LogP contribution in [0.25, 0.3) is 0 Å². The van der Waals surface area contributed by atoms with Crippen LogP contribution in [0.3, 0.4) is 0 Å². The zero-order chi connectivity index (χ0) is 19.8. The first-order valence-electron chi connectivity index (χ1n) is 9.96. The number of nitrogens with zero attached hydrogens (tertiary/aromatic N) is 1. The highest BCUT2D eigenvalue weighted by Gasteiger charge is 2.43. The molecule has 28 heavy (non-hydrogen) atoms. The van der Waals surface area contributed by atoms with Gasteiger partial charge in [-0.3, -0.25) is 0 Å². The van der Waals surface area contributed by atoms with Gasteiger partial charge in [0.25, 0.3) is 0 Å². The molecule has 3 aromatic rings. The Labute approximate surface area is 173 Å². The number of hydrogen-bond donors (Lipinski definition) is 1. The van der Waals surface area contributed by atoms with Gasteiger partial charge in [0.1, 0.15) is 0 Å². The second-order valence-corrected chi connectivity index (χ2v) is 8.20. The van der Waals surface area contributed by atoms with E-state index < -0.39 is 10.9 Å². The van der Waals surface area contributed by atoms with Gasteiger partial charge in [-0.25, -0.2) is 0 Å². The van der Waals surface area contributed by atoms with Crippen LogP contribution >= 0.6 is 11.8 Å². The van der Waals surface area contributed by atoms with Gasteiger partial charge in [-0.15, -0.1) is 11.8 Å². The Hall–Kier alpha value is -2.07. The van der Waals surface area contributed by atoms with E-state index in [-0.39, 0.29) is 0 Å². The summed E-state index contributed by atoms with van der Waals surface area (Å²) in [5, 5.41) is 11.7.